The first-order valence-corrected chi connectivity index (χ1v) is 10.3. The van der Waals surface area contributed by atoms with Crippen molar-refractivity contribution in [1.29, 1.82) is 0 Å². The van der Waals surface area contributed by atoms with E-state index in [-0.39, 0.29) is 16.5 Å². The molecule has 0 bridgehead atoms. The van der Waals surface area contributed by atoms with Gasteiger partial charge < -0.3 is 4.74 Å². The van der Waals surface area contributed by atoms with E-state index in [1.165, 1.54) is 19.2 Å². The fourth-order valence-electron chi connectivity index (χ4n) is 2.50. The van der Waals surface area contributed by atoms with Crippen molar-refractivity contribution < 1.29 is 18.7 Å². The molecule has 140 valence electrons. The molecule has 1 aliphatic rings. The number of methoxy groups -OCH3 is 1. The summed E-state index contributed by atoms with van der Waals surface area (Å²) in [6.07, 6.45) is 1.60. The maximum atomic E-state index is 13.2. The van der Waals surface area contributed by atoms with Gasteiger partial charge in [-0.1, -0.05) is 33.6 Å². The number of carbonyl (C=O) groups is 2. The number of halogens is 4. The van der Waals surface area contributed by atoms with Crippen molar-refractivity contribution in [3.63, 3.8) is 0 Å². The quantitative estimate of drug-likeness (QED) is 0.435. The van der Waals surface area contributed by atoms with E-state index in [0.717, 1.165) is 27.2 Å². The van der Waals surface area contributed by atoms with E-state index in [0.29, 0.717) is 21.3 Å². The average molecular weight is 536 g/mol. The molecule has 1 saturated heterocycles. The smallest absolute Gasteiger partial charge is 0.293 e. The Morgan fingerprint density at radius 1 is 1.26 bits per heavy atom. The molecule has 2 aromatic rings. The van der Waals surface area contributed by atoms with E-state index in [4.69, 9.17) is 16.3 Å². The van der Waals surface area contributed by atoms with Gasteiger partial charge in [0.2, 0.25) is 0 Å². The summed E-state index contributed by atoms with van der Waals surface area (Å²) in [7, 11) is 1.52. The number of amides is 2. The van der Waals surface area contributed by atoms with Crippen LogP contribution in [0.2, 0.25) is 5.02 Å². The number of rotatable bonds is 4. The van der Waals surface area contributed by atoms with E-state index in [2.05, 4.69) is 31.9 Å². The Kier molecular flexibility index (Phi) is 6.30. The number of benzene rings is 2. The molecule has 4 nitrogen and oxygen atoms in total. The van der Waals surface area contributed by atoms with Gasteiger partial charge in [0.05, 0.1) is 23.0 Å². The highest BCUT2D eigenvalue weighted by Gasteiger charge is 2.35. The van der Waals surface area contributed by atoms with Gasteiger partial charge in [-0.25, -0.2) is 4.39 Å². The molecule has 0 aliphatic carbocycles. The monoisotopic (exact) mass is 533 g/mol. The zero-order valence-corrected chi connectivity index (χ0v) is 18.5. The largest absolute Gasteiger partial charge is 0.495 e. The summed E-state index contributed by atoms with van der Waals surface area (Å²) in [6, 6.07) is 7.45. The summed E-state index contributed by atoms with van der Waals surface area (Å²) in [4.78, 5) is 26.4. The van der Waals surface area contributed by atoms with Crippen LogP contribution in [-0.2, 0) is 11.3 Å². The van der Waals surface area contributed by atoms with Crippen LogP contribution in [0.15, 0.2) is 44.2 Å². The SMILES string of the molecule is COc1c(Br)cc(Br)cc1/C=C1/SC(=O)N(Cc2ccc(F)cc2Cl)C1=O. The first-order valence-electron chi connectivity index (χ1n) is 7.52. The maximum Gasteiger partial charge on any atom is 0.293 e. The van der Waals surface area contributed by atoms with Crippen molar-refractivity contribution in [3.8, 4) is 5.75 Å². The van der Waals surface area contributed by atoms with Crippen LogP contribution >= 0.6 is 55.2 Å². The Labute approximate surface area is 181 Å². The minimum absolute atomic E-state index is 0.0273. The van der Waals surface area contributed by atoms with Crippen molar-refractivity contribution in [2.45, 2.75) is 6.54 Å². The van der Waals surface area contributed by atoms with Gasteiger partial charge in [-0.15, -0.1) is 0 Å². The second-order valence-electron chi connectivity index (χ2n) is 5.51. The third kappa shape index (κ3) is 4.39. The van der Waals surface area contributed by atoms with Crippen molar-refractivity contribution in [2.75, 3.05) is 7.11 Å². The number of thioether (sulfide) groups is 1. The van der Waals surface area contributed by atoms with Crippen LogP contribution in [0.25, 0.3) is 6.08 Å². The van der Waals surface area contributed by atoms with Crippen LogP contribution in [-0.4, -0.2) is 23.2 Å². The van der Waals surface area contributed by atoms with Gasteiger partial charge in [0.1, 0.15) is 11.6 Å². The molecular formula is C18H11Br2ClFNO3S. The highest BCUT2D eigenvalue weighted by Crippen LogP contribution is 2.38. The van der Waals surface area contributed by atoms with Crippen LogP contribution in [0.3, 0.4) is 0 Å². The predicted octanol–water partition coefficient (Wildman–Crippen LogP) is 6.25. The molecule has 27 heavy (non-hydrogen) atoms. The normalized spacial score (nSPS) is 15.7. The van der Waals surface area contributed by atoms with Crippen LogP contribution in [0.4, 0.5) is 9.18 Å². The second kappa shape index (κ2) is 8.34. The van der Waals surface area contributed by atoms with Gasteiger partial charge >= 0.3 is 0 Å². The van der Waals surface area contributed by atoms with Crippen LogP contribution in [0, 0.1) is 5.82 Å². The highest BCUT2D eigenvalue weighted by atomic mass is 79.9. The number of imide groups is 1. The summed E-state index contributed by atoms with van der Waals surface area (Å²) >= 11 is 13.6. The molecule has 0 saturated carbocycles. The standard InChI is InChI=1S/C18H11Br2ClFNO3S/c1-26-16-10(4-11(19)6-13(16)20)5-15-17(24)23(18(25)27-15)8-9-2-3-12(22)7-14(9)21/h2-7H,8H2,1H3/b15-5+. The number of ether oxygens (including phenoxy) is 1. The molecule has 0 radical (unpaired) electrons. The Bertz CT molecular complexity index is 983. The predicted molar refractivity (Wildman–Crippen MR) is 111 cm³/mol. The number of hydrogen-bond acceptors (Lipinski definition) is 4. The highest BCUT2D eigenvalue weighted by molar-refractivity contribution is 9.11. The summed E-state index contributed by atoms with van der Waals surface area (Å²) in [5.74, 6) is -0.375. The molecule has 1 heterocycles. The summed E-state index contributed by atoms with van der Waals surface area (Å²) < 4.78 is 20.1. The third-order valence-electron chi connectivity index (χ3n) is 3.74. The van der Waals surface area contributed by atoms with E-state index < -0.39 is 17.0 Å². The zero-order chi connectivity index (χ0) is 19.7. The zero-order valence-electron chi connectivity index (χ0n) is 13.8. The van der Waals surface area contributed by atoms with E-state index >= 15 is 0 Å². The Morgan fingerprint density at radius 3 is 2.67 bits per heavy atom. The van der Waals surface area contributed by atoms with Crippen LogP contribution in [0.5, 0.6) is 5.75 Å². The lowest BCUT2D eigenvalue weighted by Gasteiger charge is -2.13. The number of hydrogen-bond donors (Lipinski definition) is 0. The molecule has 2 aromatic carbocycles. The van der Waals surface area contributed by atoms with Crippen molar-refractivity contribution >= 4 is 72.4 Å². The van der Waals surface area contributed by atoms with Gasteiger partial charge in [-0.2, -0.15) is 0 Å². The minimum Gasteiger partial charge on any atom is -0.495 e. The Balaban J connectivity index is 1.91. The van der Waals surface area contributed by atoms with Gasteiger partial charge in [-0.05, 0) is 63.6 Å². The molecule has 9 heteroatoms. The summed E-state index contributed by atoms with van der Waals surface area (Å²) in [6.45, 7) is -0.0273. The molecule has 2 amide bonds. The molecule has 1 aliphatic heterocycles. The number of carbonyl (C=O) groups excluding carboxylic acids is 2. The molecule has 0 N–H and O–H groups in total. The van der Waals surface area contributed by atoms with Gasteiger partial charge in [0, 0.05) is 15.1 Å². The Morgan fingerprint density at radius 2 is 2.00 bits per heavy atom. The average Bonchev–Trinajstić information content (AvgIpc) is 2.84. The molecule has 0 unspecified atom stereocenters. The number of nitrogens with zero attached hydrogens (tertiary/aromatic N) is 1. The van der Waals surface area contributed by atoms with Gasteiger partial charge in [0.25, 0.3) is 11.1 Å². The van der Waals surface area contributed by atoms with Crippen molar-refractivity contribution in [2.24, 2.45) is 0 Å². The minimum atomic E-state index is -0.481. The van der Waals surface area contributed by atoms with E-state index in [1.54, 1.807) is 12.1 Å². The molecule has 1 fully saturated rings. The third-order valence-corrected chi connectivity index (χ3v) is 6.05. The van der Waals surface area contributed by atoms with Crippen LogP contribution < -0.4 is 4.74 Å². The summed E-state index contributed by atoms with van der Waals surface area (Å²) in [5, 5.41) is -0.254. The van der Waals surface area contributed by atoms with Gasteiger partial charge in [0.15, 0.2) is 0 Å². The lowest BCUT2D eigenvalue weighted by atomic mass is 10.1. The molecule has 0 spiro atoms. The van der Waals surface area contributed by atoms with Crippen LogP contribution in [0.1, 0.15) is 11.1 Å². The van der Waals surface area contributed by atoms with E-state index in [9.17, 15) is 14.0 Å². The van der Waals surface area contributed by atoms with Gasteiger partial charge in [-0.3, -0.25) is 14.5 Å². The second-order valence-corrected chi connectivity index (χ2v) is 8.68. The first-order chi connectivity index (χ1) is 12.8. The molecule has 0 aromatic heterocycles. The van der Waals surface area contributed by atoms with Crippen molar-refractivity contribution in [1.82, 2.24) is 4.90 Å². The fourth-order valence-corrected chi connectivity index (χ4v) is 4.98. The topological polar surface area (TPSA) is 46.6 Å². The lowest BCUT2D eigenvalue weighted by molar-refractivity contribution is -0.123. The fraction of sp³-hybridized carbons (Fsp3) is 0.111. The molecule has 0 atom stereocenters. The van der Waals surface area contributed by atoms with Crippen molar-refractivity contribution in [3.05, 3.63) is 66.1 Å². The molecular weight excluding hydrogens is 525 g/mol. The first kappa shape index (κ1) is 20.4. The lowest BCUT2D eigenvalue weighted by Crippen LogP contribution is -2.27. The Hall–Kier alpha value is -1.35. The summed E-state index contributed by atoms with van der Waals surface area (Å²) in [5.41, 5.74) is 1.13. The van der Waals surface area contributed by atoms with E-state index in [1.807, 2.05) is 6.07 Å². The maximum absolute atomic E-state index is 13.2. The molecule has 3 rings (SSSR count).